The predicted molar refractivity (Wildman–Crippen MR) is 50.3 cm³/mol. The van der Waals surface area contributed by atoms with Gasteiger partial charge in [-0.2, -0.15) is 0 Å². The summed E-state index contributed by atoms with van der Waals surface area (Å²) in [6.45, 7) is 1.91. The molecule has 74 valence electrons. The maximum absolute atomic E-state index is 11.1. The minimum absolute atomic E-state index is 0.105. The molecule has 0 radical (unpaired) electrons. The first-order chi connectivity index (χ1) is 6.13. The molecule has 0 saturated carbocycles. The number of ether oxygens (including phenoxy) is 1. The number of hydrogen-bond donors (Lipinski definition) is 2. The third-order valence-corrected chi connectivity index (χ3v) is 2.10. The Morgan fingerprint density at radius 1 is 1.77 bits per heavy atom. The van der Waals surface area contributed by atoms with Gasteiger partial charge in [-0.3, -0.25) is 4.79 Å². The van der Waals surface area contributed by atoms with Gasteiger partial charge < -0.3 is 10.1 Å². The minimum atomic E-state index is -0.499. The maximum atomic E-state index is 11.1. The van der Waals surface area contributed by atoms with Gasteiger partial charge in [0.25, 0.3) is 0 Å². The molecule has 0 aromatic carbocycles. The first kappa shape index (κ1) is 10.4. The average molecular weight is 203 g/mol. The second kappa shape index (κ2) is 4.50. The average Bonchev–Trinajstić information content (AvgIpc) is 2.30. The molecule has 0 spiro atoms. The highest BCUT2D eigenvalue weighted by molar-refractivity contribution is 7.80. The molecule has 1 saturated heterocycles. The molecule has 0 aliphatic carbocycles. The summed E-state index contributed by atoms with van der Waals surface area (Å²) >= 11 is 3.99. The van der Waals surface area contributed by atoms with Gasteiger partial charge in [0.1, 0.15) is 11.5 Å². The highest BCUT2D eigenvalue weighted by atomic mass is 32.1. The molecule has 1 heterocycles. The van der Waals surface area contributed by atoms with Crippen molar-refractivity contribution in [3.63, 3.8) is 0 Å². The summed E-state index contributed by atoms with van der Waals surface area (Å²) in [6.07, 6.45) is 1.68. The van der Waals surface area contributed by atoms with E-state index in [0.29, 0.717) is 12.8 Å². The third kappa shape index (κ3) is 2.91. The van der Waals surface area contributed by atoms with Crippen LogP contribution in [0, 0.1) is 0 Å². The normalized spacial score (nSPS) is 27.1. The van der Waals surface area contributed by atoms with Crippen molar-refractivity contribution < 1.29 is 14.3 Å². The molecule has 13 heavy (non-hydrogen) atoms. The van der Waals surface area contributed by atoms with E-state index in [1.54, 1.807) is 0 Å². The van der Waals surface area contributed by atoms with Gasteiger partial charge in [-0.05, 0) is 6.42 Å². The molecule has 5 heteroatoms. The van der Waals surface area contributed by atoms with E-state index in [4.69, 9.17) is 4.74 Å². The topological polar surface area (TPSA) is 55.4 Å². The Balaban J connectivity index is 2.37. The number of cyclic esters (lactones) is 1. The van der Waals surface area contributed by atoms with E-state index in [2.05, 4.69) is 17.9 Å². The Bertz CT molecular complexity index is 219. The molecule has 0 aromatic heterocycles. The Morgan fingerprint density at radius 3 is 2.92 bits per heavy atom. The van der Waals surface area contributed by atoms with Gasteiger partial charge in [0.2, 0.25) is 5.91 Å². The zero-order valence-electron chi connectivity index (χ0n) is 7.45. The molecule has 0 aromatic rings. The van der Waals surface area contributed by atoms with Crippen molar-refractivity contribution in [1.29, 1.82) is 0 Å². The summed E-state index contributed by atoms with van der Waals surface area (Å²) in [5.41, 5.74) is -0.376. The zero-order valence-corrected chi connectivity index (χ0v) is 8.34. The number of thiol groups is 1. The molecule has 1 N–H and O–H groups in total. The SMILES string of the molecule is CCCC(=O)N[C@H]1CC(S)OC1=O. The van der Waals surface area contributed by atoms with E-state index < -0.39 is 6.04 Å². The fraction of sp³-hybridized carbons (Fsp3) is 0.750. The van der Waals surface area contributed by atoms with Crippen LogP contribution in [-0.4, -0.2) is 23.4 Å². The summed E-state index contributed by atoms with van der Waals surface area (Å²) < 4.78 is 4.76. The Kier molecular flexibility index (Phi) is 3.59. The molecule has 4 nitrogen and oxygen atoms in total. The molecule has 1 aliphatic heterocycles. The van der Waals surface area contributed by atoms with E-state index in [9.17, 15) is 9.59 Å². The smallest absolute Gasteiger partial charge is 0.329 e. The molecule has 2 atom stereocenters. The molecular weight excluding hydrogens is 190 g/mol. The lowest BCUT2D eigenvalue weighted by Gasteiger charge is -2.07. The number of hydrogen-bond acceptors (Lipinski definition) is 4. The quantitative estimate of drug-likeness (QED) is 0.518. The van der Waals surface area contributed by atoms with E-state index in [1.165, 1.54) is 0 Å². The fourth-order valence-electron chi connectivity index (χ4n) is 1.17. The van der Waals surface area contributed by atoms with Crippen LogP contribution in [0.2, 0.25) is 0 Å². The summed E-state index contributed by atoms with van der Waals surface area (Å²) in [4.78, 5) is 22.1. The highest BCUT2D eigenvalue weighted by Gasteiger charge is 2.33. The summed E-state index contributed by atoms with van der Waals surface area (Å²) in [5, 5.41) is 2.60. The fourth-order valence-corrected chi connectivity index (χ4v) is 1.49. The van der Waals surface area contributed by atoms with Crippen LogP contribution in [0.1, 0.15) is 26.2 Å². The number of nitrogens with one attached hydrogen (secondary N) is 1. The van der Waals surface area contributed by atoms with Crippen LogP contribution in [0.4, 0.5) is 0 Å². The first-order valence-electron chi connectivity index (χ1n) is 4.31. The van der Waals surface area contributed by atoms with Crippen molar-refractivity contribution in [3.8, 4) is 0 Å². The van der Waals surface area contributed by atoms with Crippen LogP contribution in [0.5, 0.6) is 0 Å². The van der Waals surface area contributed by atoms with Crippen molar-refractivity contribution >= 4 is 24.5 Å². The van der Waals surface area contributed by atoms with E-state index in [-0.39, 0.29) is 17.3 Å². The Hall–Kier alpha value is -0.710. The van der Waals surface area contributed by atoms with Gasteiger partial charge in [0, 0.05) is 12.8 Å². The maximum Gasteiger partial charge on any atom is 0.329 e. The van der Waals surface area contributed by atoms with Gasteiger partial charge in [-0.1, -0.05) is 6.92 Å². The second-order valence-electron chi connectivity index (χ2n) is 3.00. The highest BCUT2D eigenvalue weighted by Crippen LogP contribution is 2.17. The number of esters is 1. The number of carbonyl (C=O) groups excluding carboxylic acids is 2. The van der Waals surface area contributed by atoms with Crippen LogP contribution in [0.15, 0.2) is 0 Å². The predicted octanol–water partition coefficient (Wildman–Crippen LogP) is 0.474. The van der Waals surface area contributed by atoms with Crippen LogP contribution in [0.3, 0.4) is 0 Å². The summed E-state index contributed by atoms with van der Waals surface area (Å²) in [6, 6.07) is -0.499. The van der Waals surface area contributed by atoms with Crippen molar-refractivity contribution in [2.45, 2.75) is 37.7 Å². The molecule has 1 aliphatic rings. The van der Waals surface area contributed by atoms with E-state index in [0.717, 1.165) is 6.42 Å². The molecule has 1 amide bonds. The van der Waals surface area contributed by atoms with Crippen LogP contribution in [0.25, 0.3) is 0 Å². The van der Waals surface area contributed by atoms with Gasteiger partial charge in [0.05, 0.1) is 0 Å². The van der Waals surface area contributed by atoms with Crippen LogP contribution >= 0.6 is 12.6 Å². The first-order valence-corrected chi connectivity index (χ1v) is 4.83. The van der Waals surface area contributed by atoms with Gasteiger partial charge in [-0.25, -0.2) is 4.79 Å². The number of carbonyl (C=O) groups is 2. The molecule has 1 fully saturated rings. The molecular formula is C8H13NO3S. The van der Waals surface area contributed by atoms with Crippen molar-refractivity contribution in [2.75, 3.05) is 0 Å². The molecule has 1 rings (SSSR count). The largest absolute Gasteiger partial charge is 0.450 e. The lowest BCUT2D eigenvalue weighted by atomic mass is 10.2. The van der Waals surface area contributed by atoms with Crippen LogP contribution < -0.4 is 5.32 Å². The van der Waals surface area contributed by atoms with Crippen molar-refractivity contribution in [1.82, 2.24) is 5.32 Å². The van der Waals surface area contributed by atoms with Crippen LogP contribution in [-0.2, 0) is 14.3 Å². The molecule has 1 unspecified atom stereocenters. The number of amides is 1. The van der Waals surface area contributed by atoms with Gasteiger partial charge in [0.15, 0.2) is 0 Å². The second-order valence-corrected chi connectivity index (χ2v) is 3.57. The van der Waals surface area contributed by atoms with E-state index in [1.807, 2.05) is 6.92 Å². The Labute approximate surface area is 82.4 Å². The van der Waals surface area contributed by atoms with Gasteiger partial charge in [-0.15, -0.1) is 12.6 Å². The summed E-state index contributed by atoms with van der Waals surface area (Å²) in [7, 11) is 0. The standard InChI is InChI=1S/C8H13NO3S/c1-2-3-6(10)9-5-4-7(13)12-8(5)11/h5,7,13H,2-4H2,1H3,(H,9,10)/t5-,7?/m0/s1. The molecule has 0 bridgehead atoms. The summed E-state index contributed by atoms with van der Waals surface area (Å²) in [5.74, 6) is -0.490. The van der Waals surface area contributed by atoms with E-state index >= 15 is 0 Å². The van der Waals surface area contributed by atoms with Crippen molar-refractivity contribution in [3.05, 3.63) is 0 Å². The lowest BCUT2D eigenvalue weighted by molar-refractivity contribution is -0.142. The minimum Gasteiger partial charge on any atom is -0.450 e. The Morgan fingerprint density at radius 2 is 2.46 bits per heavy atom. The third-order valence-electron chi connectivity index (χ3n) is 1.79. The zero-order chi connectivity index (χ0) is 9.84. The number of rotatable bonds is 3. The monoisotopic (exact) mass is 203 g/mol. The van der Waals surface area contributed by atoms with Gasteiger partial charge >= 0.3 is 5.97 Å². The lowest BCUT2D eigenvalue weighted by Crippen LogP contribution is -2.37. The van der Waals surface area contributed by atoms with Crippen molar-refractivity contribution in [2.24, 2.45) is 0 Å².